The van der Waals surface area contributed by atoms with E-state index in [0.717, 1.165) is 19.5 Å². The van der Waals surface area contributed by atoms with Gasteiger partial charge in [-0.05, 0) is 38.2 Å². The summed E-state index contributed by atoms with van der Waals surface area (Å²) in [6, 6.07) is 4.51. The summed E-state index contributed by atoms with van der Waals surface area (Å²) in [6.45, 7) is 2.60. The Morgan fingerprint density at radius 2 is 1.84 bits per heavy atom. The minimum atomic E-state index is -3.57. The molecule has 0 aliphatic carbocycles. The molecule has 0 atom stereocenters. The van der Waals surface area contributed by atoms with Gasteiger partial charge in [-0.1, -0.05) is 23.2 Å². The van der Waals surface area contributed by atoms with E-state index in [1.54, 1.807) is 6.07 Å². The van der Waals surface area contributed by atoms with Crippen molar-refractivity contribution in [3.63, 3.8) is 0 Å². The maximum atomic E-state index is 12.6. The molecule has 4 nitrogen and oxygen atoms in total. The van der Waals surface area contributed by atoms with Crippen LogP contribution >= 0.6 is 23.2 Å². The Bertz CT molecular complexity index is 563. The molecule has 1 saturated heterocycles. The number of nitrogens with zero attached hydrogens (tertiary/aromatic N) is 2. The summed E-state index contributed by atoms with van der Waals surface area (Å²) in [7, 11) is -1.58. The molecule has 1 aliphatic rings. The van der Waals surface area contributed by atoms with Crippen LogP contribution in [0.4, 0.5) is 0 Å². The monoisotopic (exact) mass is 322 g/mol. The van der Waals surface area contributed by atoms with E-state index in [2.05, 4.69) is 4.90 Å². The van der Waals surface area contributed by atoms with E-state index >= 15 is 0 Å². The lowest BCUT2D eigenvalue weighted by Gasteiger charge is -2.20. The second-order valence-electron chi connectivity index (χ2n) is 4.64. The van der Waals surface area contributed by atoms with Gasteiger partial charge in [0, 0.05) is 24.7 Å². The van der Waals surface area contributed by atoms with Crippen LogP contribution in [0.2, 0.25) is 10.0 Å². The normalized spacial score (nSPS) is 19.3. The number of benzene rings is 1. The Balaban J connectivity index is 2.33. The van der Waals surface area contributed by atoms with E-state index in [0.29, 0.717) is 18.1 Å². The van der Waals surface area contributed by atoms with E-state index in [1.807, 2.05) is 7.05 Å². The number of halogens is 2. The van der Waals surface area contributed by atoms with Crippen molar-refractivity contribution in [3.8, 4) is 0 Å². The molecule has 1 aliphatic heterocycles. The third-order valence-corrected chi connectivity index (χ3v) is 5.80. The maximum absolute atomic E-state index is 12.6. The SMILES string of the molecule is CN1CCCN(S(=O)(=O)c2cc(Cl)ccc2Cl)CC1. The zero-order valence-electron chi connectivity index (χ0n) is 10.6. The van der Waals surface area contributed by atoms with Crippen molar-refractivity contribution >= 4 is 33.2 Å². The fraction of sp³-hybridized carbons (Fsp3) is 0.500. The Morgan fingerprint density at radius 3 is 2.58 bits per heavy atom. The van der Waals surface area contributed by atoms with Crippen LogP contribution in [-0.2, 0) is 10.0 Å². The fourth-order valence-corrected chi connectivity index (χ4v) is 4.28. The lowest BCUT2D eigenvalue weighted by atomic mass is 10.4. The first-order valence-electron chi connectivity index (χ1n) is 6.05. The highest BCUT2D eigenvalue weighted by Crippen LogP contribution is 2.28. The smallest absolute Gasteiger partial charge is 0.244 e. The summed E-state index contributed by atoms with van der Waals surface area (Å²) in [6.07, 6.45) is 0.813. The second-order valence-corrected chi connectivity index (χ2v) is 7.39. The first-order valence-corrected chi connectivity index (χ1v) is 8.24. The van der Waals surface area contributed by atoms with Crippen molar-refractivity contribution in [1.29, 1.82) is 0 Å². The number of likely N-dealkylation sites (N-methyl/N-ethyl adjacent to an activating group) is 1. The van der Waals surface area contributed by atoms with Crippen molar-refractivity contribution < 1.29 is 8.42 Å². The summed E-state index contributed by atoms with van der Waals surface area (Å²) in [5.74, 6) is 0. The van der Waals surface area contributed by atoms with Crippen LogP contribution in [0.25, 0.3) is 0 Å². The van der Waals surface area contributed by atoms with Gasteiger partial charge >= 0.3 is 0 Å². The van der Waals surface area contributed by atoms with Gasteiger partial charge in [-0.2, -0.15) is 4.31 Å². The number of rotatable bonds is 2. The highest BCUT2D eigenvalue weighted by molar-refractivity contribution is 7.89. The zero-order valence-corrected chi connectivity index (χ0v) is 13.0. The van der Waals surface area contributed by atoms with Crippen molar-refractivity contribution in [1.82, 2.24) is 9.21 Å². The summed E-state index contributed by atoms with van der Waals surface area (Å²) in [5, 5.41) is 0.580. The Labute approximate surface area is 124 Å². The van der Waals surface area contributed by atoms with E-state index < -0.39 is 10.0 Å². The Hall–Kier alpha value is -0.330. The molecule has 0 aromatic heterocycles. The summed E-state index contributed by atoms with van der Waals surface area (Å²) >= 11 is 11.9. The van der Waals surface area contributed by atoms with Crippen LogP contribution in [0.1, 0.15) is 6.42 Å². The van der Waals surface area contributed by atoms with Gasteiger partial charge in [-0.25, -0.2) is 8.42 Å². The minimum absolute atomic E-state index is 0.0891. The van der Waals surface area contributed by atoms with Gasteiger partial charge in [0.05, 0.1) is 5.02 Å². The van der Waals surface area contributed by atoms with E-state index in [-0.39, 0.29) is 9.92 Å². The van der Waals surface area contributed by atoms with Gasteiger partial charge in [-0.3, -0.25) is 0 Å². The second kappa shape index (κ2) is 5.97. The van der Waals surface area contributed by atoms with Gasteiger partial charge in [0.25, 0.3) is 0 Å². The quantitative estimate of drug-likeness (QED) is 0.839. The Morgan fingerprint density at radius 1 is 1.11 bits per heavy atom. The first kappa shape index (κ1) is 15.1. The van der Waals surface area contributed by atoms with Crippen LogP contribution < -0.4 is 0 Å². The summed E-state index contributed by atoms with van der Waals surface area (Å²) in [4.78, 5) is 2.21. The molecule has 0 amide bonds. The summed E-state index contributed by atoms with van der Waals surface area (Å²) < 4.78 is 26.6. The molecule has 0 unspecified atom stereocenters. The van der Waals surface area contributed by atoms with Crippen LogP contribution in [-0.4, -0.2) is 50.8 Å². The van der Waals surface area contributed by atoms with Gasteiger partial charge in [0.15, 0.2) is 0 Å². The maximum Gasteiger partial charge on any atom is 0.244 e. The third-order valence-electron chi connectivity index (χ3n) is 3.19. The average Bonchev–Trinajstić information content (AvgIpc) is 2.57. The van der Waals surface area contributed by atoms with Crippen molar-refractivity contribution in [2.75, 3.05) is 33.2 Å². The lowest BCUT2D eigenvalue weighted by molar-refractivity contribution is 0.347. The average molecular weight is 323 g/mol. The highest BCUT2D eigenvalue weighted by atomic mass is 35.5. The van der Waals surface area contributed by atoms with Crippen LogP contribution in [0.3, 0.4) is 0 Å². The molecule has 0 bridgehead atoms. The Kier molecular flexibility index (Phi) is 4.74. The number of sulfonamides is 1. The highest BCUT2D eigenvalue weighted by Gasteiger charge is 2.28. The van der Waals surface area contributed by atoms with Gasteiger partial charge in [0.1, 0.15) is 4.90 Å². The molecule has 7 heteroatoms. The predicted octanol–water partition coefficient (Wildman–Crippen LogP) is 2.32. The molecule has 0 spiro atoms. The molecule has 1 fully saturated rings. The lowest BCUT2D eigenvalue weighted by Crippen LogP contribution is -2.34. The topological polar surface area (TPSA) is 40.6 Å². The molecule has 19 heavy (non-hydrogen) atoms. The molecule has 0 radical (unpaired) electrons. The number of hydrogen-bond acceptors (Lipinski definition) is 3. The zero-order chi connectivity index (χ0) is 14.0. The molecule has 106 valence electrons. The van der Waals surface area contributed by atoms with Crippen LogP contribution in [0, 0.1) is 0 Å². The molecule has 1 heterocycles. The fourth-order valence-electron chi connectivity index (χ4n) is 2.08. The third kappa shape index (κ3) is 3.41. The molecular formula is C12H16Cl2N2O2S. The van der Waals surface area contributed by atoms with Crippen LogP contribution in [0.5, 0.6) is 0 Å². The molecule has 1 aromatic rings. The van der Waals surface area contributed by atoms with Gasteiger partial charge < -0.3 is 4.90 Å². The van der Waals surface area contributed by atoms with E-state index in [4.69, 9.17) is 23.2 Å². The largest absolute Gasteiger partial charge is 0.305 e. The molecular weight excluding hydrogens is 307 g/mol. The van der Waals surface area contributed by atoms with E-state index in [1.165, 1.54) is 16.4 Å². The molecule has 0 saturated carbocycles. The first-order chi connectivity index (χ1) is 8.91. The minimum Gasteiger partial charge on any atom is -0.305 e. The molecule has 1 aromatic carbocycles. The van der Waals surface area contributed by atoms with Crippen molar-refractivity contribution in [3.05, 3.63) is 28.2 Å². The van der Waals surface area contributed by atoms with Gasteiger partial charge in [-0.15, -0.1) is 0 Å². The van der Waals surface area contributed by atoms with Crippen molar-refractivity contribution in [2.24, 2.45) is 0 Å². The van der Waals surface area contributed by atoms with Crippen LogP contribution in [0.15, 0.2) is 23.1 Å². The van der Waals surface area contributed by atoms with Gasteiger partial charge in [0.2, 0.25) is 10.0 Å². The molecule has 2 rings (SSSR count). The summed E-state index contributed by atoms with van der Waals surface area (Å²) in [5.41, 5.74) is 0. The predicted molar refractivity (Wildman–Crippen MR) is 77.3 cm³/mol. The van der Waals surface area contributed by atoms with E-state index in [9.17, 15) is 8.42 Å². The number of hydrogen-bond donors (Lipinski definition) is 0. The molecule has 0 N–H and O–H groups in total. The van der Waals surface area contributed by atoms with Crippen molar-refractivity contribution in [2.45, 2.75) is 11.3 Å². The standard InChI is InChI=1S/C12H16Cl2N2O2S/c1-15-5-2-6-16(8-7-15)19(17,18)12-9-10(13)3-4-11(12)14/h3-4,9H,2,5-8H2,1H3.